The summed E-state index contributed by atoms with van der Waals surface area (Å²) in [7, 11) is 1.62. The normalized spacial score (nSPS) is 12.7. The summed E-state index contributed by atoms with van der Waals surface area (Å²) in [6, 6.07) is 5.82. The van der Waals surface area contributed by atoms with Gasteiger partial charge in [0.2, 0.25) is 0 Å². The molecule has 0 saturated heterocycles. The molecule has 0 saturated carbocycles. The Labute approximate surface area is 133 Å². The lowest BCUT2D eigenvalue weighted by atomic mass is 10.0. The summed E-state index contributed by atoms with van der Waals surface area (Å²) in [5, 5.41) is 3.41. The van der Waals surface area contributed by atoms with Crippen LogP contribution in [0.5, 0.6) is 5.75 Å². The van der Waals surface area contributed by atoms with E-state index in [1.165, 1.54) is 0 Å². The van der Waals surface area contributed by atoms with Crippen LogP contribution in [0.3, 0.4) is 0 Å². The Balaban J connectivity index is 2.67. The van der Waals surface area contributed by atoms with Gasteiger partial charge in [-0.3, -0.25) is 0 Å². The zero-order chi connectivity index (χ0) is 15.7. The van der Waals surface area contributed by atoms with Gasteiger partial charge in [0.25, 0.3) is 6.43 Å². The molecular weight excluding hydrogens is 344 g/mol. The van der Waals surface area contributed by atoms with Gasteiger partial charge >= 0.3 is 0 Å². The Hall–Kier alpha value is -0.720. The highest BCUT2D eigenvalue weighted by Crippen LogP contribution is 2.29. The molecule has 0 fully saturated rings. The van der Waals surface area contributed by atoms with E-state index in [-0.39, 0.29) is 6.04 Å². The maximum Gasteiger partial charge on any atom is 0.261 e. The molecule has 1 aromatic rings. The molecule has 1 rings (SSSR count). The lowest BCUT2D eigenvalue weighted by molar-refractivity contribution is 0.0143. The highest BCUT2D eigenvalue weighted by Gasteiger charge is 2.15. The summed E-state index contributed by atoms with van der Waals surface area (Å²) in [5.74, 6) is 0.772. The van der Waals surface area contributed by atoms with E-state index >= 15 is 0 Å². The second kappa shape index (κ2) is 10.1. The number of hydrogen-bond acceptors (Lipinski definition) is 3. The van der Waals surface area contributed by atoms with Crippen molar-refractivity contribution < 1.29 is 18.3 Å². The molecule has 0 aliphatic heterocycles. The van der Waals surface area contributed by atoms with Crippen molar-refractivity contribution >= 4 is 15.9 Å². The maximum atomic E-state index is 12.1. The first kappa shape index (κ1) is 18.3. The number of benzene rings is 1. The van der Waals surface area contributed by atoms with E-state index in [4.69, 9.17) is 9.47 Å². The standard InChI is InChI=1S/C15H22BrF2NO2/c1-3-7-19-14(6-8-21-10-15(17)18)12-5-4-11(20-2)9-13(12)16/h4-5,9,14-15,19H,3,6-8,10H2,1-2H3. The number of methoxy groups -OCH3 is 1. The fourth-order valence-corrected chi connectivity index (χ4v) is 2.61. The van der Waals surface area contributed by atoms with Crippen molar-refractivity contribution in [1.82, 2.24) is 5.32 Å². The van der Waals surface area contributed by atoms with Crippen molar-refractivity contribution in [2.75, 3.05) is 26.9 Å². The smallest absolute Gasteiger partial charge is 0.261 e. The highest BCUT2D eigenvalue weighted by molar-refractivity contribution is 9.10. The molecule has 1 atom stereocenters. The van der Waals surface area contributed by atoms with Gasteiger partial charge in [0.15, 0.2) is 0 Å². The van der Waals surface area contributed by atoms with E-state index in [2.05, 4.69) is 28.2 Å². The van der Waals surface area contributed by atoms with Crippen LogP contribution in [-0.4, -0.2) is 33.3 Å². The SMILES string of the molecule is CCCNC(CCOCC(F)F)c1ccc(OC)cc1Br. The largest absolute Gasteiger partial charge is 0.497 e. The summed E-state index contributed by atoms with van der Waals surface area (Å²) in [5.41, 5.74) is 1.07. The minimum atomic E-state index is -2.42. The van der Waals surface area contributed by atoms with E-state index < -0.39 is 13.0 Å². The van der Waals surface area contributed by atoms with Gasteiger partial charge in [-0.05, 0) is 37.1 Å². The van der Waals surface area contributed by atoms with Gasteiger partial charge in [0, 0.05) is 17.1 Å². The van der Waals surface area contributed by atoms with Gasteiger partial charge in [0.05, 0.1) is 7.11 Å². The van der Waals surface area contributed by atoms with E-state index in [1.807, 2.05) is 18.2 Å². The van der Waals surface area contributed by atoms with E-state index in [0.717, 1.165) is 28.8 Å². The molecule has 0 radical (unpaired) electrons. The predicted octanol–water partition coefficient (Wildman–Crippen LogP) is 4.17. The summed E-state index contributed by atoms with van der Waals surface area (Å²) < 4.78 is 35.2. The van der Waals surface area contributed by atoms with Crippen molar-refractivity contribution in [1.29, 1.82) is 0 Å². The number of alkyl halides is 2. The van der Waals surface area contributed by atoms with Crippen molar-refractivity contribution in [2.45, 2.75) is 32.2 Å². The third kappa shape index (κ3) is 6.72. The zero-order valence-electron chi connectivity index (χ0n) is 12.4. The number of ether oxygens (including phenoxy) is 2. The highest BCUT2D eigenvalue weighted by atomic mass is 79.9. The van der Waals surface area contributed by atoms with Crippen LogP contribution in [0, 0.1) is 0 Å². The first-order valence-electron chi connectivity index (χ1n) is 7.01. The van der Waals surface area contributed by atoms with E-state index in [0.29, 0.717) is 13.0 Å². The number of rotatable bonds is 10. The Kier molecular flexibility index (Phi) is 8.80. The number of nitrogens with one attached hydrogen (secondary N) is 1. The average Bonchev–Trinajstić information content (AvgIpc) is 2.46. The van der Waals surface area contributed by atoms with Crippen LogP contribution in [-0.2, 0) is 4.74 Å². The topological polar surface area (TPSA) is 30.5 Å². The molecule has 120 valence electrons. The first-order valence-corrected chi connectivity index (χ1v) is 7.80. The average molecular weight is 366 g/mol. The first-order chi connectivity index (χ1) is 10.1. The van der Waals surface area contributed by atoms with E-state index in [1.54, 1.807) is 7.11 Å². The Morgan fingerprint density at radius 2 is 2.10 bits per heavy atom. The van der Waals surface area contributed by atoms with E-state index in [9.17, 15) is 8.78 Å². The van der Waals surface area contributed by atoms with Crippen LogP contribution in [0.4, 0.5) is 8.78 Å². The van der Waals surface area contributed by atoms with Crippen LogP contribution in [0.2, 0.25) is 0 Å². The molecule has 0 heterocycles. The van der Waals surface area contributed by atoms with Crippen molar-refractivity contribution in [3.05, 3.63) is 28.2 Å². The van der Waals surface area contributed by atoms with Gasteiger partial charge in [0.1, 0.15) is 12.4 Å². The summed E-state index contributed by atoms with van der Waals surface area (Å²) in [4.78, 5) is 0. The van der Waals surface area contributed by atoms with Gasteiger partial charge in [-0.2, -0.15) is 0 Å². The Morgan fingerprint density at radius 3 is 2.67 bits per heavy atom. The second-order valence-electron chi connectivity index (χ2n) is 4.65. The molecule has 0 aliphatic rings. The molecule has 0 spiro atoms. The molecular formula is C15H22BrF2NO2. The van der Waals surface area contributed by atoms with Gasteiger partial charge in [-0.1, -0.05) is 28.9 Å². The second-order valence-corrected chi connectivity index (χ2v) is 5.50. The zero-order valence-corrected chi connectivity index (χ0v) is 14.0. The quantitative estimate of drug-likeness (QED) is 0.631. The van der Waals surface area contributed by atoms with Gasteiger partial charge < -0.3 is 14.8 Å². The molecule has 3 nitrogen and oxygen atoms in total. The molecule has 6 heteroatoms. The fraction of sp³-hybridized carbons (Fsp3) is 0.600. The molecule has 0 aromatic heterocycles. The number of halogens is 3. The number of hydrogen-bond donors (Lipinski definition) is 1. The minimum absolute atomic E-state index is 0.0582. The monoisotopic (exact) mass is 365 g/mol. The molecule has 1 N–H and O–H groups in total. The van der Waals surface area contributed by atoms with Crippen LogP contribution < -0.4 is 10.1 Å². The third-order valence-electron chi connectivity index (χ3n) is 3.02. The third-order valence-corrected chi connectivity index (χ3v) is 3.71. The van der Waals surface area contributed by atoms with Crippen LogP contribution in [0.1, 0.15) is 31.4 Å². The molecule has 1 unspecified atom stereocenters. The molecule has 0 aliphatic carbocycles. The molecule has 1 aromatic carbocycles. The minimum Gasteiger partial charge on any atom is -0.497 e. The van der Waals surface area contributed by atoms with Crippen LogP contribution in [0.25, 0.3) is 0 Å². The summed E-state index contributed by atoms with van der Waals surface area (Å²) in [6.07, 6.45) is -0.778. The van der Waals surface area contributed by atoms with Crippen LogP contribution >= 0.6 is 15.9 Å². The summed E-state index contributed by atoms with van der Waals surface area (Å²) >= 11 is 3.53. The molecule has 0 amide bonds. The maximum absolute atomic E-state index is 12.1. The fourth-order valence-electron chi connectivity index (χ4n) is 1.98. The van der Waals surface area contributed by atoms with Gasteiger partial charge in [-0.15, -0.1) is 0 Å². The van der Waals surface area contributed by atoms with Crippen molar-refractivity contribution in [2.24, 2.45) is 0 Å². The molecule has 0 bridgehead atoms. The Morgan fingerprint density at radius 1 is 1.33 bits per heavy atom. The Bertz CT molecular complexity index is 419. The molecule has 21 heavy (non-hydrogen) atoms. The lowest BCUT2D eigenvalue weighted by Crippen LogP contribution is -2.24. The lowest BCUT2D eigenvalue weighted by Gasteiger charge is -2.21. The van der Waals surface area contributed by atoms with Crippen LogP contribution in [0.15, 0.2) is 22.7 Å². The summed E-state index contributed by atoms with van der Waals surface area (Å²) in [6.45, 7) is 2.73. The van der Waals surface area contributed by atoms with Crippen molar-refractivity contribution in [3.63, 3.8) is 0 Å². The predicted molar refractivity (Wildman–Crippen MR) is 83.2 cm³/mol. The van der Waals surface area contributed by atoms with Crippen molar-refractivity contribution in [3.8, 4) is 5.75 Å². The van der Waals surface area contributed by atoms with Gasteiger partial charge in [-0.25, -0.2) is 8.78 Å².